The molecule has 0 bridgehead atoms. The van der Waals surface area contributed by atoms with E-state index >= 15 is 0 Å². The number of amides is 3. The molecule has 1 unspecified atom stereocenters. The Bertz CT molecular complexity index is 702. The molecule has 0 heterocycles. The SMILES string of the molecule is CCCCCCCCNC(=O)CCC(NC(=O)CCCCCCCCCC[N+](C)(C)CCO)C(=O)NCCCCCCCC. The van der Waals surface area contributed by atoms with Crippen molar-refractivity contribution in [2.45, 2.75) is 168 Å². The number of unbranched alkanes of at least 4 members (excludes halogenated alkanes) is 17. The molecular formula is C36H73N4O4+. The van der Waals surface area contributed by atoms with Crippen LogP contribution in [0.1, 0.15) is 162 Å². The van der Waals surface area contributed by atoms with Crippen LogP contribution in [-0.4, -0.2) is 80.2 Å². The Labute approximate surface area is 271 Å². The first-order valence-electron chi connectivity index (χ1n) is 18.5. The fraction of sp³-hybridized carbons (Fsp3) is 0.917. The molecule has 1 atom stereocenters. The Kier molecular flexibility index (Phi) is 28.9. The number of hydrogen-bond donors (Lipinski definition) is 4. The second kappa shape index (κ2) is 30.0. The molecule has 0 aliphatic carbocycles. The van der Waals surface area contributed by atoms with E-state index in [9.17, 15) is 14.4 Å². The van der Waals surface area contributed by atoms with Crippen LogP contribution >= 0.6 is 0 Å². The summed E-state index contributed by atoms with van der Waals surface area (Å²) in [5.41, 5.74) is 0. The summed E-state index contributed by atoms with van der Waals surface area (Å²) in [4.78, 5) is 38.1. The van der Waals surface area contributed by atoms with Crippen LogP contribution in [0.25, 0.3) is 0 Å². The molecule has 8 heteroatoms. The van der Waals surface area contributed by atoms with Crippen molar-refractivity contribution >= 4 is 17.7 Å². The Hall–Kier alpha value is -1.67. The zero-order valence-electron chi connectivity index (χ0n) is 29.5. The fourth-order valence-corrected chi connectivity index (χ4v) is 5.54. The van der Waals surface area contributed by atoms with Gasteiger partial charge in [-0.3, -0.25) is 14.4 Å². The van der Waals surface area contributed by atoms with Gasteiger partial charge in [-0.05, 0) is 38.5 Å². The summed E-state index contributed by atoms with van der Waals surface area (Å²) in [6.07, 6.45) is 24.0. The summed E-state index contributed by atoms with van der Waals surface area (Å²) in [6.45, 7) is 7.87. The standard InChI is InChI=1S/C36H72N4O4/c1-5-7-9-11-18-22-28-37-34(42)27-26-33(36(44)38-29-23-19-12-10-8-6-2)39-35(43)25-21-17-15-13-14-16-20-24-30-40(3,4)31-32-41/h33,41H,5-32H2,1-4H3,(H2-,37,38,39,42,43,44)/p+1. The first kappa shape index (κ1) is 42.3. The number of aliphatic hydroxyl groups excluding tert-OH is 1. The maximum Gasteiger partial charge on any atom is 0.242 e. The number of rotatable bonds is 32. The van der Waals surface area contributed by atoms with Gasteiger partial charge in [0.1, 0.15) is 12.6 Å². The zero-order chi connectivity index (χ0) is 32.7. The lowest BCUT2D eigenvalue weighted by molar-refractivity contribution is -0.890. The van der Waals surface area contributed by atoms with E-state index in [1.54, 1.807) is 0 Å². The van der Waals surface area contributed by atoms with Crippen molar-refractivity contribution in [1.29, 1.82) is 0 Å². The molecule has 0 aromatic heterocycles. The number of quaternary nitrogens is 1. The minimum Gasteiger partial charge on any atom is -0.391 e. The molecule has 0 radical (unpaired) electrons. The highest BCUT2D eigenvalue weighted by Crippen LogP contribution is 2.12. The molecule has 260 valence electrons. The van der Waals surface area contributed by atoms with Gasteiger partial charge in [-0.15, -0.1) is 0 Å². The minimum atomic E-state index is -0.664. The van der Waals surface area contributed by atoms with Crippen molar-refractivity contribution in [3.05, 3.63) is 0 Å². The number of hydrogen-bond acceptors (Lipinski definition) is 4. The monoisotopic (exact) mass is 626 g/mol. The number of likely N-dealkylation sites (N-methyl/N-ethyl adjacent to an activating group) is 1. The van der Waals surface area contributed by atoms with Gasteiger partial charge in [0, 0.05) is 25.9 Å². The van der Waals surface area contributed by atoms with Crippen molar-refractivity contribution in [2.75, 3.05) is 46.9 Å². The van der Waals surface area contributed by atoms with E-state index in [-0.39, 0.29) is 30.7 Å². The molecule has 44 heavy (non-hydrogen) atoms. The molecule has 0 aromatic rings. The number of carbonyl (C=O) groups is 3. The maximum absolute atomic E-state index is 13.0. The maximum atomic E-state index is 13.0. The molecule has 0 aliphatic rings. The van der Waals surface area contributed by atoms with Gasteiger partial charge in [-0.1, -0.05) is 110 Å². The van der Waals surface area contributed by atoms with Gasteiger partial charge in [-0.25, -0.2) is 0 Å². The first-order valence-corrected chi connectivity index (χ1v) is 18.5. The highest BCUT2D eigenvalue weighted by molar-refractivity contribution is 5.88. The molecule has 0 aliphatic heterocycles. The molecule has 8 nitrogen and oxygen atoms in total. The summed E-state index contributed by atoms with van der Waals surface area (Å²) < 4.78 is 0.882. The lowest BCUT2D eigenvalue weighted by Crippen LogP contribution is -2.47. The van der Waals surface area contributed by atoms with Crippen LogP contribution < -0.4 is 16.0 Å². The topological polar surface area (TPSA) is 108 Å². The normalized spacial score (nSPS) is 12.2. The quantitative estimate of drug-likeness (QED) is 0.0488. The lowest BCUT2D eigenvalue weighted by Gasteiger charge is -2.28. The van der Waals surface area contributed by atoms with Crippen molar-refractivity contribution in [1.82, 2.24) is 16.0 Å². The molecular weight excluding hydrogens is 552 g/mol. The van der Waals surface area contributed by atoms with Crippen molar-refractivity contribution in [3.8, 4) is 0 Å². The van der Waals surface area contributed by atoms with Gasteiger partial charge in [-0.2, -0.15) is 0 Å². The lowest BCUT2D eigenvalue weighted by atomic mass is 10.1. The van der Waals surface area contributed by atoms with E-state index in [1.165, 1.54) is 83.5 Å². The first-order chi connectivity index (χ1) is 21.3. The minimum absolute atomic E-state index is 0.0468. The molecule has 0 saturated heterocycles. The van der Waals surface area contributed by atoms with Crippen LogP contribution in [0.2, 0.25) is 0 Å². The number of nitrogens with one attached hydrogen (secondary N) is 3. The third-order valence-electron chi connectivity index (χ3n) is 8.62. The van der Waals surface area contributed by atoms with E-state index < -0.39 is 6.04 Å². The van der Waals surface area contributed by atoms with Crippen LogP contribution in [0.4, 0.5) is 0 Å². The van der Waals surface area contributed by atoms with Crippen LogP contribution in [-0.2, 0) is 14.4 Å². The molecule has 4 N–H and O–H groups in total. The molecule has 0 rings (SSSR count). The average Bonchev–Trinajstić information content (AvgIpc) is 2.99. The van der Waals surface area contributed by atoms with Gasteiger partial charge in [0.25, 0.3) is 0 Å². The fourth-order valence-electron chi connectivity index (χ4n) is 5.54. The highest BCUT2D eigenvalue weighted by atomic mass is 16.3. The van der Waals surface area contributed by atoms with Crippen molar-refractivity contribution in [2.24, 2.45) is 0 Å². The number of carbonyl (C=O) groups excluding carboxylic acids is 3. The molecule has 3 amide bonds. The van der Waals surface area contributed by atoms with E-state index in [0.717, 1.165) is 62.5 Å². The van der Waals surface area contributed by atoms with Crippen LogP contribution in [0.15, 0.2) is 0 Å². The van der Waals surface area contributed by atoms with Crippen molar-refractivity contribution < 1.29 is 24.0 Å². The average molecular weight is 626 g/mol. The largest absolute Gasteiger partial charge is 0.391 e. The Morgan fingerprint density at radius 3 is 1.59 bits per heavy atom. The summed E-state index contributed by atoms with van der Waals surface area (Å²) in [5.74, 6) is -0.315. The zero-order valence-corrected chi connectivity index (χ0v) is 29.5. The highest BCUT2D eigenvalue weighted by Gasteiger charge is 2.21. The Morgan fingerprint density at radius 1 is 0.568 bits per heavy atom. The summed E-state index contributed by atoms with van der Waals surface area (Å²) in [6, 6.07) is -0.664. The second-order valence-corrected chi connectivity index (χ2v) is 13.5. The third-order valence-corrected chi connectivity index (χ3v) is 8.62. The molecule has 0 aromatic carbocycles. The summed E-state index contributed by atoms with van der Waals surface area (Å²) in [5, 5.41) is 18.1. The van der Waals surface area contributed by atoms with E-state index in [2.05, 4.69) is 43.9 Å². The molecule has 0 spiro atoms. The predicted molar refractivity (Wildman–Crippen MR) is 184 cm³/mol. The van der Waals surface area contributed by atoms with Gasteiger partial charge >= 0.3 is 0 Å². The second-order valence-electron chi connectivity index (χ2n) is 13.5. The van der Waals surface area contributed by atoms with Crippen LogP contribution in [0.5, 0.6) is 0 Å². The van der Waals surface area contributed by atoms with Crippen LogP contribution in [0.3, 0.4) is 0 Å². The Balaban J connectivity index is 4.34. The Morgan fingerprint density at radius 2 is 1.05 bits per heavy atom. The van der Waals surface area contributed by atoms with Gasteiger partial charge < -0.3 is 25.5 Å². The number of aliphatic hydroxyl groups is 1. The van der Waals surface area contributed by atoms with E-state index in [0.29, 0.717) is 25.9 Å². The summed E-state index contributed by atoms with van der Waals surface area (Å²) >= 11 is 0. The van der Waals surface area contributed by atoms with E-state index in [4.69, 9.17) is 5.11 Å². The van der Waals surface area contributed by atoms with Gasteiger partial charge in [0.2, 0.25) is 17.7 Å². The molecule has 0 saturated carbocycles. The smallest absolute Gasteiger partial charge is 0.242 e. The predicted octanol–water partition coefficient (Wildman–Crippen LogP) is 6.78. The van der Waals surface area contributed by atoms with Crippen LogP contribution in [0, 0.1) is 0 Å². The molecule has 0 fully saturated rings. The summed E-state index contributed by atoms with van der Waals surface area (Å²) in [7, 11) is 4.35. The number of nitrogens with zero attached hydrogens (tertiary/aromatic N) is 1. The van der Waals surface area contributed by atoms with Gasteiger partial charge in [0.05, 0.1) is 27.2 Å². The third kappa shape index (κ3) is 27.8. The van der Waals surface area contributed by atoms with Crippen molar-refractivity contribution in [3.63, 3.8) is 0 Å². The van der Waals surface area contributed by atoms with E-state index in [1.807, 2.05) is 0 Å². The van der Waals surface area contributed by atoms with Gasteiger partial charge in [0.15, 0.2) is 0 Å².